The molecule has 3 rings (SSSR count). The Morgan fingerprint density at radius 1 is 1.25 bits per heavy atom. The second kappa shape index (κ2) is 8.79. The molecule has 0 spiro atoms. The summed E-state index contributed by atoms with van der Waals surface area (Å²) in [5, 5.41) is 6.51. The van der Waals surface area contributed by atoms with Gasteiger partial charge in [0.05, 0.1) is 21.2 Å². The molecule has 32 heavy (non-hydrogen) atoms. The van der Waals surface area contributed by atoms with Gasteiger partial charge in [-0.2, -0.15) is 18.3 Å². The lowest BCUT2D eigenvalue weighted by atomic mass is 10.1. The second-order valence-electron chi connectivity index (χ2n) is 6.61. The third kappa shape index (κ3) is 4.86. The highest BCUT2D eigenvalue weighted by Gasteiger charge is 2.34. The number of sulfonamides is 1. The molecule has 0 saturated carbocycles. The summed E-state index contributed by atoms with van der Waals surface area (Å²) in [5.74, 6) is -0.412. The molecular formula is C19H17ClF3N5O3S. The molecule has 0 atom stereocenters. The molecule has 0 saturated heterocycles. The fourth-order valence-electron chi connectivity index (χ4n) is 2.91. The monoisotopic (exact) mass is 487 g/mol. The summed E-state index contributed by atoms with van der Waals surface area (Å²) in [6, 6.07) is 5.30. The molecule has 170 valence electrons. The van der Waals surface area contributed by atoms with Gasteiger partial charge in [0.2, 0.25) is 0 Å². The van der Waals surface area contributed by atoms with Crippen molar-refractivity contribution in [3.05, 3.63) is 64.6 Å². The minimum atomic E-state index is -4.74. The van der Waals surface area contributed by atoms with Crippen molar-refractivity contribution in [3.63, 3.8) is 0 Å². The van der Waals surface area contributed by atoms with Crippen molar-refractivity contribution in [2.24, 2.45) is 0 Å². The van der Waals surface area contributed by atoms with Gasteiger partial charge < -0.3 is 0 Å². The van der Waals surface area contributed by atoms with Gasteiger partial charge in [0.25, 0.3) is 15.9 Å². The van der Waals surface area contributed by atoms with Crippen LogP contribution in [0.2, 0.25) is 5.02 Å². The third-order valence-corrected chi connectivity index (χ3v) is 6.02. The number of carbonyl (C=O) groups excluding carboxylic acids is 1. The van der Waals surface area contributed by atoms with E-state index in [2.05, 4.69) is 19.9 Å². The largest absolute Gasteiger partial charge is 0.416 e. The quantitative estimate of drug-likeness (QED) is 0.540. The lowest BCUT2D eigenvalue weighted by Gasteiger charge is -2.20. The van der Waals surface area contributed by atoms with Gasteiger partial charge in [-0.05, 0) is 37.6 Å². The zero-order valence-electron chi connectivity index (χ0n) is 16.7. The summed E-state index contributed by atoms with van der Waals surface area (Å²) in [6.45, 7) is 3.09. The molecule has 3 aromatic rings. The molecule has 0 aliphatic heterocycles. The number of aromatic nitrogens is 3. The number of nitrogens with one attached hydrogen (secondary N) is 2. The molecule has 2 N–H and O–H groups in total. The molecule has 0 aliphatic rings. The number of anilines is 2. The van der Waals surface area contributed by atoms with Crippen LogP contribution in [0.15, 0.2) is 47.6 Å². The Labute approximate surface area is 186 Å². The van der Waals surface area contributed by atoms with Crippen LogP contribution in [-0.4, -0.2) is 36.1 Å². The minimum absolute atomic E-state index is 0.0157. The number of H-pyrrole nitrogens is 1. The Morgan fingerprint density at radius 3 is 2.56 bits per heavy atom. The lowest BCUT2D eigenvalue weighted by Crippen LogP contribution is -2.32. The first kappa shape index (κ1) is 23.5. The number of benzene rings is 1. The first-order chi connectivity index (χ1) is 14.9. The summed E-state index contributed by atoms with van der Waals surface area (Å²) in [5.41, 5.74) is -1.80. The van der Waals surface area contributed by atoms with Crippen LogP contribution in [0.5, 0.6) is 0 Å². The van der Waals surface area contributed by atoms with Gasteiger partial charge in [-0.3, -0.25) is 19.5 Å². The van der Waals surface area contributed by atoms with Gasteiger partial charge in [-0.15, -0.1) is 0 Å². The number of aromatic amines is 1. The van der Waals surface area contributed by atoms with E-state index in [1.54, 1.807) is 6.92 Å². The summed E-state index contributed by atoms with van der Waals surface area (Å²) in [4.78, 5) is 17.6. The molecule has 1 aromatic carbocycles. The highest BCUT2D eigenvalue weighted by Crippen LogP contribution is 2.34. The molecular weight excluding hydrogens is 471 g/mol. The Balaban J connectivity index is 2.03. The Bertz CT molecular complexity index is 1250. The number of alkyl halides is 3. The second-order valence-corrected chi connectivity index (χ2v) is 8.73. The molecule has 0 radical (unpaired) electrons. The van der Waals surface area contributed by atoms with E-state index in [0.717, 1.165) is 24.4 Å². The van der Waals surface area contributed by atoms with E-state index in [1.807, 2.05) is 0 Å². The standard InChI is InChI=1S/C19H17ClF3N5O3S/c1-3-28(16-6-7-25-26-16)18(29)17-15(8-12(20)10-24-17)27-32(30,31)13-5-4-11(2)14(9-13)19(21,22)23/h4-10,27H,3H2,1-2H3,(H,25,26). The Hall–Kier alpha value is -3.12. The van der Waals surface area contributed by atoms with Gasteiger partial charge in [0.1, 0.15) is 0 Å². The summed E-state index contributed by atoms with van der Waals surface area (Å²) in [6.07, 6.45) is -2.09. The first-order valence-corrected chi connectivity index (χ1v) is 11.0. The smallest absolute Gasteiger partial charge is 0.290 e. The molecule has 8 nitrogen and oxygen atoms in total. The maximum absolute atomic E-state index is 13.2. The summed E-state index contributed by atoms with van der Waals surface area (Å²) < 4.78 is 67.5. The van der Waals surface area contributed by atoms with Crippen LogP contribution in [-0.2, 0) is 16.2 Å². The van der Waals surface area contributed by atoms with Crippen molar-refractivity contribution in [1.29, 1.82) is 0 Å². The van der Waals surface area contributed by atoms with Gasteiger partial charge >= 0.3 is 6.18 Å². The van der Waals surface area contributed by atoms with Crippen LogP contribution in [0.25, 0.3) is 0 Å². The maximum atomic E-state index is 13.2. The fourth-order valence-corrected chi connectivity index (χ4v) is 4.15. The summed E-state index contributed by atoms with van der Waals surface area (Å²) in [7, 11) is -4.51. The highest BCUT2D eigenvalue weighted by molar-refractivity contribution is 7.92. The molecule has 0 fully saturated rings. The van der Waals surface area contributed by atoms with Crippen LogP contribution in [0.4, 0.5) is 24.7 Å². The van der Waals surface area contributed by atoms with Gasteiger partial charge in [0.15, 0.2) is 11.5 Å². The molecule has 2 heterocycles. The lowest BCUT2D eigenvalue weighted by molar-refractivity contribution is -0.138. The number of aryl methyl sites for hydroxylation is 1. The van der Waals surface area contributed by atoms with Crippen LogP contribution in [0, 0.1) is 6.92 Å². The van der Waals surface area contributed by atoms with Crippen LogP contribution in [0.3, 0.4) is 0 Å². The SMILES string of the molecule is CCN(C(=O)c1ncc(Cl)cc1NS(=O)(=O)c1ccc(C)c(C(F)(F)F)c1)c1cc[nH]n1. The number of hydrogen-bond donors (Lipinski definition) is 2. The number of pyridine rings is 1. The normalized spacial score (nSPS) is 11.9. The molecule has 1 amide bonds. The topological polar surface area (TPSA) is 108 Å². The number of carbonyl (C=O) groups is 1. The van der Waals surface area contributed by atoms with Crippen molar-refractivity contribution < 1.29 is 26.4 Å². The highest BCUT2D eigenvalue weighted by atomic mass is 35.5. The van der Waals surface area contributed by atoms with Crippen molar-refractivity contribution >= 4 is 39.0 Å². The molecule has 0 bridgehead atoms. The zero-order valence-corrected chi connectivity index (χ0v) is 18.3. The zero-order chi connectivity index (χ0) is 23.7. The predicted molar refractivity (Wildman–Crippen MR) is 112 cm³/mol. The van der Waals surface area contributed by atoms with Crippen molar-refractivity contribution in [2.45, 2.75) is 24.9 Å². The number of amides is 1. The van der Waals surface area contributed by atoms with Gasteiger partial charge in [-0.1, -0.05) is 17.7 Å². The van der Waals surface area contributed by atoms with E-state index < -0.39 is 32.6 Å². The predicted octanol–water partition coefficient (Wildman–Crippen LogP) is 4.25. The number of nitrogens with zero attached hydrogens (tertiary/aromatic N) is 3. The van der Waals surface area contributed by atoms with Crippen LogP contribution in [0.1, 0.15) is 28.5 Å². The average Bonchev–Trinajstić information content (AvgIpc) is 3.22. The molecule has 13 heteroatoms. The third-order valence-electron chi connectivity index (χ3n) is 4.45. The minimum Gasteiger partial charge on any atom is -0.290 e. The van der Waals surface area contributed by atoms with E-state index in [9.17, 15) is 26.4 Å². The molecule has 0 unspecified atom stereocenters. The number of halogens is 4. The first-order valence-electron chi connectivity index (χ1n) is 9.12. The Kier molecular flexibility index (Phi) is 6.46. The fraction of sp³-hybridized carbons (Fsp3) is 0.211. The van der Waals surface area contributed by atoms with E-state index in [-0.39, 0.29) is 34.3 Å². The average molecular weight is 488 g/mol. The van der Waals surface area contributed by atoms with E-state index in [1.165, 1.54) is 24.1 Å². The van der Waals surface area contributed by atoms with E-state index in [4.69, 9.17) is 11.6 Å². The molecule has 2 aromatic heterocycles. The number of rotatable bonds is 6. The van der Waals surface area contributed by atoms with Gasteiger partial charge in [0, 0.05) is 25.0 Å². The van der Waals surface area contributed by atoms with Crippen molar-refractivity contribution in [3.8, 4) is 0 Å². The van der Waals surface area contributed by atoms with E-state index in [0.29, 0.717) is 6.07 Å². The number of hydrogen-bond acceptors (Lipinski definition) is 5. The van der Waals surface area contributed by atoms with Crippen molar-refractivity contribution in [1.82, 2.24) is 15.2 Å². The van der Waals surface area contributed by atoms with E-state index >= 15 is 0 Å². The van der Waals surface area contributed by atoms with Gasteiger partial charge in [-0.25, -0.2) is 13.4 Å². The Morgan fingerprint density at radius 2 is 1.97 bits per heavy atom. The maximum Gasteiger partial charge on any atom is 0.416 e. The van der Waals surface area contributed by atoms with Crippen LogP contribution < -0.4 is 9.62 Å². The van der Waals surface area contributed by atoms with Crippen LogP contribution >= 0.6 is 11.6 Å². The molecule has 0 aliphatic carbocycles. The summed E-state index contributed by atoms with van der Waals surface area (Å²) >= 11 is 5.93. The van der Waals surface area contributed by atoms with Crippen molar-refractivity contribution in [2.75, 3.05) is 16.2 Å².